The second-order valence-corrected chi connectivity index (χ2v) is 2.96. The smallest absolute Gasteiger partial charge is 0.343 e. The van der Waals surface area contributed by atoms with Crippen LogP contribution in [0.4, 0.5) is 0 Å². The SMILES string of the molecule is CCCOc1ccc(O)c(O)c1C(=O)O. The summed E-state index contributed by atoms with van der Waals surface area (Å²) in [5.41, 5.74) is -0.413. The highest BCUT2D eigenvalue weighted by Crippen LogP contribution is 2.35. The average molecular weight is 212 g/mol. The molecule has 5 nitrogen and oxygen atoms in total. The highest BCUT2D eigenvalue weighted by molar-refractivity contribution is 5.95. The van der Waals surface area contributed by atoms with Crippen LogP contribution in [0.15, 0.2) is 12.1 Å². The maximum atomic E-state index is 10.8. The van der Waals surface area contributed by atoms with Crippen LogP contribution in [-0.4, -0.2) is 27.9 Å². The van der Waals surface area contributed by atoms with Crippen molar-refractivity contribution in [1.82, 2.24) is 0 Å². The van der Waals surface area contributed by atoms with E-state index in [1.54, 1.807) is 0 Å². The van der Waals surface area contributed by atoms with Crippen molar-refractivity contribution in [3.8, 4) is 17.2 Å². The van der Waals surface area contributed by atoms with E-state index in [1.807, 2.05) is 6.92 Å². The Balaban J connectivity index is 3.15. The van der Waals surface area contributed by atoms with Crippen molar-refractivity contribution in [3.63, 3.8) is 0 Å². The van der Waals surface area contributed by atoms with Gasteiger partial charge in [0.2, 0.25) is 0 Å². The summed E-state index contributed by atoms with van der Waals surface area (Å²) in [7, 11) is 0. The van der Waals surface area contributed by atoms with E-state index in [0.717, 1.165) is 6.42 Å². The van der Waals surface area contributed by atoms with Gasteiger partial charge in [0.15, 0.2) is 11.5 Å². The molecule has 0 aromatic heterocycles. The lowest BCUT2D eigenvalue weighted by Crippen LogP contribution is -2.04. The van der Waals surface area contributed by atoms with E-state index in [2.05, 4.69) is 0 Å². The molecule has 0 bridgehead atoms. The summed E-state index contributed by atoms with van der Waals surface area (Å²) in [6, 6.07) is 2.50. The topological polar surface area (TPSA) is 87.0 Å². The number of rotatable bonds is 4. The third-order valence-electron chi connectivity index (χ3n) is 1.79. The summed E-state index contributed by atoms with van der Waals surface area (Å²) in [6.07, 6.45) is 0.723. The number of phenolic OH excluding ortho intramolecular Hbond substituents is 1. The van der Waals surface area contributed by atoms with Crippen LogP contribution in [0.1, 0.15) is 23.7 Å². The van der Waals surface area contributed by atoms with Crippen LogP contribution >= 0.6 is 0 Å². The lowest BCUT2D eigenvalue weighted by Gasteiger charge is -2.10. The van der Waals surface area contributed by atoms with E-state index in [-0.39, 0.29) is 5.75 Å². The monoisotopic (exact) mass is 212 g/mol. The molecular formula is C10H12O5. The van der Waals surface area contributed by atoms with E-state index in [9.17, 15) is 9.90 Å². The van der Waals surface area contributed by atoms with Crippen LogP contribution in [-0.2, 0) is 0 Å². The van der Waals surface area contributed by atoms with Crippen LogP contribution in [0.2, 0.25) is 0 Å². The van der Waals surface area contributed by atoms with Gasteiger partial charge in [-0.2, -0.15) is 0 Å². The molecule has 5 heteroatoms. The highest BCUT2D eigenvalue weighted by Gasteiger charge is 2.19. The van der Waals surface area contributed by atoms with Crippen LogP contribution in [0.3, 0.4) is 0 Å². The first kappa shape index (κ1) is 11.2. The van der Waals surface area contributed by atoms with Crippen molar-refractivity contribution in [2.45, 2.75) is 13.3 Å². The second-order valence-electron chi connectivity index (χ2n) is 2.96. The van der Waals surface area contributed by atoms with Crippen molar-refractivity contribution in [3.05, 3.63) is 17.7 Å². The molecule has 0 amide bonds. The standard InChI is InChI=1S/C10H12O5/c1-2-5-15-7-4-3-6(11)9(12)8(7)10(13)14/h3-4,11-12H,2,5H2,1H3,(H,13,14). The number of aromatic hydroxyl groups is 2. The number of phenols is 2. The summed E-state index contributed by atoms with van der Waals surface area (Å²) in [5, 5.41) is 27.3. The van der Waals surface area contributed by atoms with Crippen LogP contribution in [0.5, 0.6) is 17.2 Å². The van der Waals surface area contributed by atoms with E-state index >= 15 is 0 Å². The summed E-state index contributed by atoms with van der Waals surface area (Å²) in [4.78, 5) is 10.8. The van der Waals surface area contributed by atoms with Crippen molar-refractivity contribution >= 4 is 5.97 Å². The largest absolute Gasteiger partial charge is 0.504 e. The van der Waals surface area contributed by atoms with Crippen LogP contribution < -0.4 is 4.74 Å². The first-order valence-corrected chi connectivity index (χ1v) is 4.49. The molecule has 0 saturated heterocycles. The zero-order valence-corrected chi connectivity index (χ0v) is 8.23. The zero-order chi connectivity index (χ0) is 11.4. The van der Waals surface area contributed by atoms with Gasteiger partial charge in [0.25, 0.3) is 0 Å². The summed E-state index contributed by atoms with van der Waals surface area (Å²) in [6.45, 7) is 2.23. The lowest BCUT2D eigenvalue weighted by atomic mass is 10.1. The van der Waals surface area contributed by atoms with Crippen molar-refractivity contribution in [1.29, 1.82) is 0 Å². The van der Waals surface area contributed by atoms with Gasteiger partial charge in [-0.15, -0.1) is 0 Å². The minimum atomic E-state index is -1.34. The number of hydrogen-bond donors (Lipinski definition) is 3. The van der Waals surface area contributed by atoms with Crippen molar-refractivity contribution in [2.75, 3.05) is 6.61 Å². The predicted octanol–water partition coefficient (Wildman–Crippen LogP) is 1.58. The molecule has 15 heavy (non-hydrogen) atoms. The molecule has 1 aromatic carbocycles. The number of ether oxygens (including phenoxy) is 1. The van der Waals surface area contributed by atoms with Crippen molar-refractivity contribution in [2.24, 2.45) is 0 Å². The Morgan fingerprint density at radius 2 is 2.07 bits per heavy atom. The van der Waals surface area contributed by atoms with E-state index in [1.165, 1.54) is 12.1 Å². The number of carbonyl (C=O) groups is 1. The Labute approximate surface area is 86.5 Å². The van der Waals surface area contributed by atoms with Crippen LogP contribution in [0, 0.1) is 0 Å². The number of carboxylic acid groups (broad SMARTS) is 1. The molecule has 0 aliphatic rings. The Morgan fingerprint density at radius 1 is 1.40 bits per heavy atom. The normalized spacial score (nSPS) is 9.93. The number of aromatic carboxylic acids is 1. The van der Waals surface area contributed by atoms with Gasteiger partial charge in [-0.1, -0.05) is 6.92 Å². The summed E-state index contributed by atoms with van der Waals surface area (Å²) < 4.78 is 5.13. The third kappa shape index (κ3) is 2.31. The van der Waals surface area contributed by atoms with Gasteiger partial charge in [0.1, 0.15) is 11.3 Å². The maximum Gasteiger partial charge on any atom is 0.343 e. The quantitative estimate of drug-likeness (QED) is 0.659. The maximum absolute atomic E-state index is 10.8. The fourth-order valence-corrected chi connectivity index (χ4v) is 1.10. The van der Waals surface area contributed by atoms with Crippen LogP contribution in [0.25, 0.3) is 0 Å². The Bertz CT molecular complexity index is 372. The van der Waals surface area contributed by atoms with E-state index < -0.39 is 23.0 Å². The van der Waals surface area contributed by atoms with Gasteiger partial charge < -0.3 is 20.1 Å². The van der Waals surface area contributed by atoms with Gasteiger partial charge in [-0.05, 0) is 18.6 Å². The Hall–Kier alpha value is -1.91. The molecule has 0 aliphatic heterocycles. The van der Waals surface area contributed by atoms with Gasteiger partial charge in [-0.3, -0.25) is 0 Å². The van der Waals surface area contributed by atoms with Gasteiger partial charge in [0, 0.05) is 0 Å². The molecule has 0 aliphatic carbocycles. The highest BCUT2D eigenvalue weighted by atomic mass is 16.5. The third-order valence-corrected chi connectivity index (χ3v) is 1.79. The molecule has 1 rings (SSSR count). The molecule has 3 N–H and O–H groups in total. The fraction of sp³-hybridized carbons (Fsp3) is 0.300. The average Bonchev–Trinajstić information content (AvgIpc) is 2.19. The predicted molar refractivity (Wildman–Crippen MR) is 52.5 cm³/mol. The first-order chi connectivity index (χ1) is 7.07. The number of carboxylic acids is 1. The van der Waals surface area contributed by atoms with Crippen molar-refractivity contribution < 1.29 is 24.9 Å². The lowest BCUT2D eigenvalue weighted by molar-refractivity contribution is 0.0688. The molecule has 0 spiro atoms. The molecule has 1 aromatic rings. The second kappa shape index (κ2) is 4.54. The Kier molecular flexibility index (Phi) is 3.38. The summed E-state index contributed by atoms with van der Waals surface area (Å²) >= 11 is 0. The number of hydrogen-bond acceptors (Lipinski definition) is 4. The molecular weight excluding hydrogens is 200 g/mol. The van der Waals surface area contributed by atoms with Gasteiger partial charge in [-0.25, -0.2) is 4.79 Å². The molecule has 0 saturated carbocycles. The fourth-order valence-electron chi connectivity index (χ4n) is 1.10. The van der Waals surface area contributed by atoms with Gasteiger partial charge >= 0.3 is 5.97 Å². The zero-order valence-electron chi connectivity index (χ0n) is 8.23. The molecule has 0 heterocycles. The first-order valence-electron chi connectivity index (χ1n) is 4.49. The summed E-state index contributed by atoms with van der Waals surface area (Å²) in [5.74, 6) is -2.43. The molecule has 0 atom stereocenters. The van der Waals surface area contributed by atoms with E-state index in [4.69, 9.17) is 14.9 Å². The minimum absolute atomic E-state index is 0.0552. The van der Waals surface area contributed by atoms with E-state index in [0.29, 0.717) is 6.61 Å². The Morgan fingerprint density at radius 3 is 2.60 bits per heavy atom. The minimum Gasteiger partial charge on any atom is -0.504 e. The molecule has 0 fully saturated rings. The molecule has 82 valence electrons. The molecule has 0 radical (unpaired) electrons. The van der Waals surface area contributed by atoms with Gasteiger partial charge in [0.05, 0.1) is 6.61 Å². The number of benzene rings is 1. The molecule has 0 unspecified atom stereocenters.